The quantitative estimate of drug-likeness (QED) is 0.315. The van der Waals surface area contributed by atoms with Crippen molar-refractivity contribution in [1.82, 2.24) is 35.0 Å². The van der Waals surface area contributed by atoms with Crippen LogP contribution >= 0.6 is 24.0 Å². The van der Waals surface area contributed by atoms with Crippen LogP contribution in [0.4, 0.5) is 0 Å². The van der Waals surface area contributed by atoms with Crippen LogP contribution in [0.2, 0.25) is 0 Å². The van der Waals surface area contributed by atoms with Gasteiger partial charge in [-0.1, -0.05) is 13.0 Å². The molecule has 8 nitrogen and oxygen atoms in total. The minimum absolute atomic E-state index is 0. The average Bonchev–Trinajstić information content (AvgIpc) is 3.27. The van der Waals surface area contributed by atoms with Crippen LogP contribution in [0, 0.1) is 5.92 Å². The number of halogens is 1. The highest BCUT2D eigenvalue weighted by Gasteiger charge is 2.07. The summed E-state index contributed by atoms with van der Waals surface area (Å²) in [6, 6.07) is 7.78. The molecule has 3 aromatic heterocycles. The molecule has 0 fully saturated rings. The Hall–Kier alpha value is -2.17. The molecule has 1 unspecified atom stereocenters. The fourth-order valence-electron chi connectivity index (χ4n) is 2.55. The summed E-state index contributed by atoms with van der Waals surface area (Å²) in [5, 5.41) is 19.3. The zero-order valence-electron chi connectivity index (χ0n) is 15.0. The van der Waals surface area contributed by atoms with E-state index >= 15 is 0 Å². The molecule has 2 N–H and O–H groups in total. The summed E-state index contributed by atoms with van der Waals surface area (Å²) < 4.78 is 3.89. The predicted molar refractivity (Wildman–Crippen MR) is 113 cm³/mol. The minimum Gasteiger partial charge on any atom is -0.357 e. The minimum atomic E-state index is 0. The van der Waals surface area contributed by atoms with Crippen molar-refractivity contribution in [3.05, 3.63) is 48.7 Å². The third-order valence-corrected chi connectivity index (χ3v) is 3.78. The van der Waals surface area contributed by atoms with E-state index in [0.29, 0.717) is 12.5 Å². The Morgan fingerprint density at radius 1 is 1.19 bits per heavy atom. The number of guanidine groups is 1. The molecule has 0 aromatic carbocycles. The lowest BCUT2D eigenvalue weighted by atomic mass is 10.2. The molecular formula is C17H25IN8. The first-order chi connectivity index (χ1) is 12.3. The maximum atomic E-state index is 4.62. The maximum absolute atomic E-state index is 4.62. The molecule has 0 bridgehead atoms. The maximum Gasteiger partial charge on any atom is 0.191 e. The molecule has 1 atom stereocenters. The first-order valence-corrected chi connectivity index (χ1v) is 8.54. The average molecular weight is 468 g/mol. The molecule has 0 spiro atoms. The Balaban J connectivity index is 0.00000243. The predicted octanol–water partition coefficient (Wildman–Crippen LogP) is 1.94. The van der Waals surface area contributed by atoms with Gasteiger partial charge in [0.25, 0.3) is 0 Å². The second-order valence-electron chi connectivity index (χ2n) is 5.95. The number of hydrogen-bond acceptors (Lipinski definition) is 4. The highest BCUT2D eigenvalue weighted by molar-refractivity contribution is 14.0. The lowest BCUT2D eigenvalue weighted by molar-refractivity contribution is 0.443. The van der Waals surface area contributed by atoms with Gasteiger partial charge >= 0.3 is 0 Å². The van der Waals surface area contributed by atoms with Gasteiger partial charge in [0.1, 0.15) is 6.54 Å². The van der Waals surface area contributed by atoms with Crippen molar-refractivity contribution in [2.24, 2.45) is 10.9 Å². The van der Waals surface area contributed by atoms with E-state index in [1.165, 1.54) is 0 Å². The Bertz CT molecular complexity index is 811. The van der Waals surface area contributed by atoms with E-state index in [0.717, 1.165) is 37.1 Å². The van der Waals surface area contributed by atoms with Gasteiger partial charge in [-0.2, -0.15) is 5.10 Å². The standard InChI is InChI=1S/C17H24N8.HI/c1-3-18-17(19-11-14(2)13-24-9-6-8-21-24)20-12-16-23-22-15-7-4-5-10-25(15)16;/h4-10,14H,3,11-13H2,1-2H3,(H2,18,19,20);1H. The Kier molecular flexibility index (Phi) is 7.82. The molecule has 0 saturated carbocycles. The summed E-state index contributed by atoms with van der Waals surface area (Å²) in [4.78, 5) is 4.62. The van der Waals surface area contributed by atoms with E-state index < -0.39 is 0 Å². The molecule has 0 aliphatic heterocycles. The van der Waals surface area contributed by atoms with Crippen LogP contribution in [-0.4, -0.2) is 43.4 Å². The molecule has 3 rings (SSSR count). The number of nitrogens with zero attached hydrogens (tertiary/aromatic N) is 6. The smallest absolute Gasteiger partial charge is 0.191 e. The second kappa shape index (κ2) is 10.1. The SMILES string of the molecule is CCNC(=NCc1nnc2ccccn12)NCC(C)Cn1cccn1.I. The summed E-state index contributed by atoms with van der Waals surface area (Å²) >= 11 is 0. The van der Waals surface area contributed by atoms with Gasteiger partial charge in [0.15, 0.2) is 17.4 Å². The summed E-state index contributed by atoms with van der Waals surface area (Å²) in [6.07, 6.45) is 5.73. The monoisotopic (exact) mass is 468 g/mol. The molecule has 26 heavy (non-hydrogen) atoms. The highest BCUT2D eigenvalue weighted by Crippen LogP contribution is 2.04. The van der Waals surface area contributed by atoms with Crippen LogP contribution in [0.1, 0.15) is 19.7 Å². The molecule has 0 aliphatic rings. The molecule has 0 saturated heterocycles. The number of fused-ring (bicyclic) bond motifs is 1. The molecule has 9 heteroatoms. The number of pyridine rings is 1. The number of rotatable bonds is 7. The van der Waals surface area contributed by atoms with E-state index in [2.05, 4.69) is 44.8 Å². The Labute approximate surface area is 170 Å². The summed E-state index contributed by atoms with van der Waals surface area (Å²) in [6.45, 7) is 7.19. The Morgan fingerprint density at radius 3 is 2.85 bits per heavy atom. The molecule has 0 aliphatic carbocycles. The Morgan fingerprint density at radius 2 is 2.08 bits per heavy atom. The summed E-state index contributed by atoms with van der Waals surface area (Å²) in [7, 11) is 0. The lowest BCUT2D eigenvalue weighted by Crippen LogP contribution is -2.40. The number of aromatic nitrogens is 5. The highest BCUT2D eigenvalue weighted by atomic mass is 127. The van der Waals surface area contributed by atoms with Crippen molar-refractivity contribution in [2.45, 2.75) is 26.9 Å². The van der Waals surface area contributed by atoms with Crippen LogP contribution in [0.3, 0.4) is 0 Å². The van der Waals surface area contributed by atoms with Gasteiger partial charge in [-0.3, -0.25) is 9.08 Å². The van der Waals surface area contributed by atoms with Crippen molar-refractivity contribution in [3.63, 3.8) is 0 Å². The fourth-order valence-corrected chi connectivity index (χ4v) is 2.55. The fraction of sp³-hybridized carbons (Fsp3) is 0.412. The first-order valence-electron chi connectivity index (χ1n) is 8.54. The van der Waals surface area contributed by atoms with Crippen LogP contribution < -0.4 is 10.6 Å². The molecule has 140 valence electrons. The molecule has 0 amide bonds. The van der Waals surface area contributed by atoms with E-state index in [-0.39, 0.29) is 24.0 Å². The second-order valence-corrected chi connectivity index (χ2v) is 5.95. The summed E-state index contributed by atoms with van der Waals surface area (Å²) in [5.74, 6) is 2.03. The van der Waals surface area contributed by atoms with Gasteiger partial charge < -0.3 is 10.6 Å². The van der Waals surface area contributed by atoms with Crippen molar-refractivity contribution in [3.8, 4) is 0 Å². The molecular weight excluding hydrogens is 443 g/mol. The largest absolute Gasteiger partial charge is 0.357 e. The van der Waals surface area contributed by atoms with E-state index in [4.69, 9.17) is 0 Å². The van der Waals surface area contributed by atoms with Crippen molar-refractivity contribution in [1.29, 1.82) is 0 Å². The van der Waals surface area contributed by atoms with E-state index in [1.54, 1.807) is 6.20 Å². The first kappa shape index (κ1) is 20.1. The van der Waals surface area contributed by atoms with Crippen LogP contribution in [0.15, 0.2) is 47.8 Å². The van der Waals surface area contributed by atoms with Crippen LogP contribution in [0.25, 0.3) is 5.65 Å². The zero-order valence-corrected chi connectivity index (χ0v) is 17.4. The van der Waals surface area contributed by atoms with Gasteiger partial charge in [0, 0.05) is 38.2 Å². The third kappa shape index (κ3) is 5.41. The molecule has 3 heterocycles. The van der Waals surface area contributed by atoms with Crippen molar-refractivity contribution in [2.75, 3.05) is 13.1 Å². The normalized spacial score (nSPS) is 12.6. The van der Waals surface area contributed by atoms with E-state index in [9.17, 15) is 0 Å². The van der Waals surface area contributed by atoms with Crippen molar-refractivity contribution < 1.29 is 0 Å². The number of hydrogen-bond donors (Lipinski definition) is 2. The molecule has 3 aromatic rings. The van der Waals surface area contributed by atoms with Gasteiger partial charge in [-0.05, 0) is 31.0 Å². The topological polar surface area (TPSA) is 84.4 Å². The van der Waals surface area contributed by atoms with Gasteiger partial charge in [-0.25, -0.2) is 4.99 Å². The zero-order chi connectivity index (χ0) is 17.5. The number of aliphatic imine (C=N–C) groups is 1. The van der Waals surface area contributed by atoms with Crippen LogP contribution in [-0.2, 0) is 13.1 Å². The van der Waals surface area contributed by atoms with E-state index in [1.807, 2.05) is 45.7 Å². The van der Waals surface area contributed by atoms with Gasteiger partial charge in [0.2, 0.25) is 0 Å². The third-order valence-electron chi connectivity index (χ3n) is 3.78. The lowest BCUT2D eigenvalue weighted by Gasteiger charge is -2.15. The molecule has 0 radical (unpaired) electrons. The van der Waals surface area contributed by atoms with Gasteiger partial charge in [0.05, 0.1) is 0 Å². The summed E-state index contributed by atoms with van der Waals surface area (Å²) in [5.41, 5.74) is 0.832. The number of nitrogens with one attached hydrogen (secondary N) is 2. The van der Waals surface area contributed by atoms with Gasteiger partial charge in [-0.15, -0.1) is 34.2 Å². The van der Waals surface area contributed by atoms with Crippen LogP contribution in [0.5, 0.6) is 0 Å². The van der Waals surface area contributed by atoms with Crippen molar-refractivity contribution >= 4 is 35.6 Å².